The molecule has 0 bridgehead atoms. The van der Waals surface area contributed by atoms with Gasteiger partial charge in [-0.2, -0.15) is 0 Å². The number of para-hydroxylation sites is 1. The summed E-state index contributed by atoms with van der Waals surface area (Å²) < 4.78 is 7.01. The summed E-state index contributed by atoms with van der Waals surface area (Å²) in [5.41, 5.74) is 2.76. The molecule has 1 unspecified atom stereocenters. The molecule has 7 heteroatoms. The van der Waals surface area contributed by atoms with Crippen LogP contribution >= 0.6 is 15.9 Å². The van der Waals surface area contributed by atoms with Gasteiger partial charge in [0.2, 0.25) is 0 Å². The van der Waals surface area contributed by atoms with Crippen molar-refractivity contribution in [2.45, 2.75) is 13.0 Å². The lowest BCUT2D eigenvalue weighted by molar-refractivity contribution is 0.179. The topological polar surface area (TPSA) is 62.6 Å². The molecule has 6 nitrogen and oxygen atoms in total. The molecule has 3 aromatic rings. The van der Waals surface area contributed by atoms with Crippen LogP contribution in [0.4, 0.5) is 11.5 Å². The Balaban J connectivity index is 0.000000269. The zero-order valence-electron chi connectivity index (χ0n) is 17.9. The molecule has 158 valence electrons. The van der Waals surface area contributed by atoms with Crippen molar-refractivity contribution in [3.05, 3.63) is 59.3 Å². The number of nitrogens with one attached hydrogen (secondary N) is 1. The Morgan fingerprint density at radius 2 is 2.00 bits per heavy atom. The summed E-state index contributed by atoms with van der Waals surface area (Å²) in [7, 11) is 5.90. The van der Waals surface area contributed by atoms with Crippen molar-refractivity contribution in [1.82, 2.24) is 14.9 Å². The molecular formula is C23H28BrN5O. The molecular weight excluding hydrogens is 442 g/mol. The summed E-state index contributed by atoms with van der Waals surface area (Å²) in [6, 6.07) is 11.7. The molecule has 30 heavy (non-hydrogen) atoms. The van der Waals surface area contributed by atoms with E-state index < -0.39 is 0 Å². The van der Waals surface area contributed by atoms with Crippen LogP contribution in [0.15, 0.2) is 58.8 Å². The number of hydrogen-bond acceptors (Lipinski definition) is 6. The fraction of sp³-hybridized carbons (Fsp3) is 0.261. The first-order valence-electron chi connectivity index (χ1n) is 9.51. The van der Waals surface area contributed by atoms with E-state index in [1.54, 1.807) is 12.4 Å². The third kappa shape index (κ3) is 6.37. The molecule has 0 amide bonds. The molecule has 0 fully saturated rings. The molecule has 0 radical (unpaired) electrons. The van der Waals surface area contributed by atoms with Gasteiger partial charge in [0, 0.05) is 18.1 Å². The lowest BCUT2D eigenvalue weighted by Crippen LogP contribution is -2.28. The fourth-order valence-electron chi connectivity index (χ4n) is 2.98. The lowest BCUT2D eigenvalue weighted by Gasteiger charge is -2.20. The van der Waals surface area contributed by atoms with Crippen LogP contribution in [0.1, 0.15) is 12.5 Å². The van der Waals surface area contributed by atoms with Gasteiger partial charge in [-0.15, -0.1) is 0 Å². The van der Waals surface area contributed by atoms with E-state index in [-0.39, 0.29) is 6.10 Å². The molecule has 1 atom stereocenters. The Kier molecular flexibility index (Phi) is 8.95. The van der Waals surface area contributed by atoms with E-state index in [9.17, 15) is 0 Å². The number of nitrogens with zero attached hydrogens (tertiary/aromatic N) is 4. The molecule has 3 rings (SSSR count). The molecule has 0 aliphatic carbocycles. The first-order valence-corrected chi connectivity index (χ1v) is 10.3. The number of anilines is 1. The normalized spacial score (nSPS) is 11.4. The summed E-state index contributed by atoms with van der Waals surface area (Å²) in [6.07, 6.45) is 3.39. The second-order valence-corrected chi connectivity index (χ2v) is 7.80. The molecule has 0 saturated heterocycles. The maximum absolute atomic E-state index is 6.07. The Hall–Kier alpha value is -2.77. The summed E-state index contributed by atoms with van der Waals surface area (Å²) in [4.78, 5) is 14.5. The number of aromatic nitrogens is 2. The number of benzene rings is 2. The van der Waals surface area contributed by atoms with Crippen LogP contribution in [0.3, 0.4) is 0 Å². The largest absolute Gasteiger partial charge is 0.488 e. The van der Waals surface area contributed by atoms with E-state index in [2.05, 4.69) is 61.3 Å². The van der Waals surface area contributed by atoms with Crippen molar-refractivity contribution in [2.75, 3.05) is 33.0 Å². The third-order valence-electron chi connectivity index (χ3n) is 4.18. The molecule has 0 spiro atoms. The summed E-state index contributed by atoms with van der Waals surface area (Å²) in [6.45, 7) is 9.99. The SMILES string of the molecule is C=Cc1ccccc1N=C.CNc1ncnc2cc(Br)cc(OC(C)CN(C)C)c12. The smallest absolute Gasteiger partial charge is 0.140 e. The van der Waals surface area contributed by atoms with Crippen LogP contribution in [0, 0.1) is 0 Å². The van der Waals surface area contributed by atoms with Crippen molar-refractivity contribution < 1.29 is 4.74 Å². The third-order valence-corrected chi connectivity index (χ3v) is 4.64. The Morgan fingerprint density at radius 1 is 1.27 bits per heavy atom. The molecule has 0 aliphatic heterocycles. The van der Waals surface area contributed by atoms with Gasteiger partial charge in [-0.25, -0.2) is 9.97 Å². The van der Waals surface area contributed by atoms with Crippen molar-refractivity contribution in [1.29, 1.82) is 0 Å². The lowest BCUT2D eigenvalue weighted by atomic mass is 10.2. The minimum Gasteiger partial charge on any atom is -0.488 e. The van der Waals surface area contributed by atoms with Crippen LogP contribution in [0.5, 0.6) is 5.75 Å². The summed E-state index contributed by atoms with van der Waals surface area (Å²) >= 11 is 3.50. The second-order valence-electron chi connectivity index (χ2n) is 6.88. The molecule has 2 aromatic carbocycles. The minimum absolute atomic E-state index is 0.0763. The van der Waals surface area contributed by atoms with E-state index >= 15 is 0 Å². The number of ether oxygens (including phenoxy) is 1. The summed E-state index contributed by atoms with van der Waals surface area (Å²) in [5, 5.41) is 3.99. The van der Waals surface area contributed by atoms with Gasteiger partial charge in [-0.3, -0.25) is 4.99 Å². The van der Waals surface area contributed by atoms with Gasteiger partial charge in [0.1, 0.15) is 24.0 Å². The average molecular weight is 470 g/mol. The van der Waals surface area contributed by atoms with E-state index in [1.807, 2.05) is 57.5 Å². The Labute approximate surface area is 186 Å². The fourth-order valence-corrected chi connectivity index (χ4v) is 3.40. The highest BCUT2D eigenvalue weighted by Crippen LogP contribution is 2.33. The standard InChI is InChI=1S/C14H19BrN4O.C9H9N/c1-9(7-19(3)4)20-12-6-10(15)5-11-13(12)14(16-2)18-8-17-11;1-3-8-6-4-5-7-9(8)10-2/h5-6,8-9H,7H2,1-4H3,(H,16,17,18);3-7H,1-2H2. The predicted octanol–water partition coefficient (Wildman–Crippen LogP) is 5.42. The number of hydrogen-bond donors (Lipinski definition) is 1. The maximum Gasteiger partial charge on any atom is 0.140 e. The number of aliphatic imine (C=N–C) groups is 1. The molecule has 0 aliphatic rings. The highest BCUT2D eigenvalue weighted by atomic mass is 79.9. The monoisotopic (exact) mass is 469 g/mol. The number of likely N-dealkylation sites (N-methyl/N-ethyl adjacent to an activating group) is 1. The van der Waals surface area contributed by atoms with Gasteiger partial charge in [-0.05, 0) is 51.5 Å². The van der Waals surface area contributed by atoms with Crippen molar-refractivity contribution >= 4 is 51.1 Å². The van der Waals surface area contributed by atoms with Gasteiger partial charge < -0.3 is 15.0 Å². The molecule has 0 saturated carbocycles. The van der Waals surface area contributed by atoms with Gasteiger partial charge in [-0.1, -0.05) is 46.8 Å². The van der Waals surface area contributed by atoms with E-state index in [0.29, 0.717) is 0 Å². The van der Waals surface area contributed by atoms with Crippen LogP contribution in [-0.2, 0) is 0 Å². The van der Waals surface area contributed by atoms with Crippen molar-refractivity contribution in [2.24, 2.45) is 4.99 Å². The first-order chi connectivity index (χ1) is 14.4. The number of rotatable bonds is 7. The van der Waals surface area contributed by atoms with E-state index in [1.165, 1.54) is 0 Å². The summed E-state index contributed by atoms with van der Waals surface area (Å²) in [5.74, 6) is 1.56. The van der Waals surface area contributed by atoms with Gasteiger partial charge in [0.25, 0.3) is 0 Å². The average Bonchev–Trinajstić information content (AvgIpc) is 2.72. The van der Waals surface area contributed by atoms with Crippen molar-refractivity contribution in [3.8, 4) is 5.75 Å². The van der Waals surface area contributed by atoms with Gasteiger partial charge in [0.05, 0.1) is 16.6 Å². The van der Waals surface area contributed by atoms with E-state index in [0.717, 1.165) is 44.7 Å². The van der Waals surface area contributed by atoms with Gasteiger partial charge >= 0.3 is 0 Å². The van der Waals surface area contributed by atoms with Crippen LogP contribution in [-0.4, -0.2) is 55.4 Å². The van der Waals surface area contributed by atoms with Gasteiger partial charge in [0.15, 0.2) is 0 Å². The Morgan fingerprint density at radius 3 is 2.60 bits per heavy atom. The van der Waals surface area contributed by atoms with Crippen LogP contribution in [0.25, 0.3) is 17.0 Å². The highest BCUT2D eigenvalue weighted by Gasteiger charge is 2.14. The van der Waals surface area contributed by atoms with Crippen LogP contribution < -0.4 is 10.1 Å². The highest BCUT2D eigenvalue weighted by molar-refractivity contribution is 9.10. The number of fused-ring (bicyclic) bond motifs is 1. The molecule has 1 aromatic heterocycles. The minimum atomic E-state index is 0.0763. The van der Waals surface area contributed by atoms with Crippen molar-refractivity contribution in [3.63, 3.8) is 0 Å². The Bertz CT molecular complexity index is 979. The molecule has 1 N–H and O–H groups in total. The zero-order chi connectivity index (χ0) is 22.1. The first kappa shape index (κ1) is 23.5. The number of halogens is 1. The second kappa shape index (κ2) is 11.4. The zero-order valence-corrected chi connectivity index (χ0v) is 19.5. The van der Waals surface area contributed by atoms with Crippen LogP contribution in [0.2, 0.25) is 0 Å². The quantitative estimate of drug-likeness (QED) is 0.467. The maximum atomic E-state index is 6.07. The predicted molar refractivity (Wildman–Crippen MR) is 131 cm³/mol. The van der Waals surface area contributed by atoms with E-state index in [4.69, 9.17) is 4.74 Å². The molecule has 1 heterocycles.